The summed E-state index contributed by atoms with van der Waals surface area (Å²) < 4.78 is 7.57. The Bertz CT molecular complexity index is 1000. The fraction of sp³-hybridized carbons (Fsp3) is 0.238. The van der Waals surface area contributed by atoms with Crippen molar-refractivity contribution in [2.24, 2.45) is 0 Å². The van der Waals surface area contributed by atoms with Crippen molar-refractivity contribution >= 4 is 5.91 Å². The predicted octanol–water partition coefficient (Wildman–Crippen LogP) is 3.21. The van der Waals surface area contributed by atoms with Gasteiger partial charge in [-0.3, -0.25) is 4.79 Å². The summed E-state index contributed by atoms with van der Waals surface area (Å²) in [4.78, 5) is 17.0. The Morgan fingerprint density at radius 2 is 1.96 bits per heavy atom. The number of rotatable bonds is 3. The molecule has 0 atom stereocenters. The molecular weight excluding hydrogens is 326 g/mol. The highest BCUT2D eigenvalue weighted by atomic mass is 16.5. The minimum absolute atomic E-state index is 0.0822. The van der Waals surface area contributed by atoms with E-state index in [1.165, 1.54) is 11.1 Å². The second-order valence-corrected chi connectivity index (χ2v) is 7.00. The number of aromatic nitrogens is 2. The maximum absolute atomic E-state index is 12.7. The molecule has 2 heterocycles. The molecule has 1 spiro atoms. The molecule has 2 aliphatic rings. The van der Waals surface area contributed by atoms with Crippen LogP contribution in [0.15, 0.2) is 61.1 Å². The molecule has 0 radical (unpaired) electrons. The van der Waals surface area contributed by atoms with Crippen molar-refractivity contribution in [3.05, 3.63) is 72.2 Å². The second kappa shape index (κ2) is 5.46. The molecule has 1 aromatic heterocycles. The molecule has 5 rings (SSSR count). The molecule has 1 amide bonds. The van der Waals surface area contributed by atoms with Gasteiger partial charge in [0.2, 0.25) is 0 Å². The fourth-order valence-electron chi connectivity index (χ4n) is 4.45. The lowest BCUT2D eigenvalue weighted by Crippen LogP contribution is -2.55. The first-order valence-electron chi connectivity index (χ1n) is 8.79. The quantitative estimate of drug-likeness (QED) is 0.793. The highest BCUT2D eigenvalue weighted by Gasteiger charge is 2.52. The molecular formula is C21H19N3O2. The highest BCUT2D eigenvalue weighted by molar-refractivity contribution is 5.97. The molecule has 2 aromatic carbocycles. The zero-order chi connectivity index (χ0) is 17.7. The van der Waals surface area contributed by atoms with Gasteiger partial charge >= 0.3 is 0 Å². The number of nitrogens with one attached hydrogen (secondary N) is 1. The third-order valence-corrected chi connectivity index (χ3v) is 5.66. The second-order valence-electron chi connectivity index (χ2n) is 7.00. The lowest BCUT2D eigenvalue weighted by Gasteiger charge is -2.47. The number of carbonyl (C=O) groups is 1. The van der Waals surface area contributed by atoms with Crippen molar-refractivity contribution in [2.75, 3.05) is 7.11 Å². The largest absolute Gasteiger partial charge is 0.496 e. The lowest BCUT2D eigenvalue weighted by atomic mass is 9.68. The number of methoxy groups -OCH3 is 1. The molecule has 0 bridgehead atoms. The van der Waals surface area contributed by atoms with Crippen LogP contribution in [0.25, 0.3) is 11.3 Å². The number of hydrogen-bond acceptors (Lipinski definition) is 3. The zero-order valence-electron chi connectivity index (χ0n) is 14.5. The highest BCUT2D eigenvalue weighted by Crippen LogP contribution is 2.54. The molecule has 1 saturated carbocycles. The number of hydrogen-bond donors (Lipinski definition) is 1. The third kappa shape index (κ3) is 1.97. The van der Waals surface area contributed by atoms with Gasteiger partial charge in [-0.2, -0.15) is 0 Å². The number of imidazole rings is 1. The number of benzene rings is 2. The van der Waals surface area contributed by atoms with E-state index >= 15 is 0 Å². The first-order valence-corrected chi connectivity index (χ1v) is 8.79. The predicted molar refractivity (Wildman–Crippen MR) is 98.2 cm³/mol. The van der Waals surface area contributed by atoms with Crippen molar-refractivity contribution < 1.29 is 9.53 Å². The summed E-state index contributed by atoms with van der Waals surface area (Å²) in [6.07, 6.45) is 5.57. The Morgan fingerprint density at radius 1 is 1.19 bits per heavy atom. The molecule has 130 valence electrons. The lowest BCUT2D eigenvalue weighted by molar-refractivity contribution is 0.0833. The Morgan fingerprint density at radius 3 is 2.81 bits per heavy atom. The van der Waals surface area contributed by atoms with Crippen LogP contribution < -0.4 is 10.1 Å². The van der Waals surface area contributed by atoms with Crippen LogP contribution >= 0.6 is 0 Å². The number of para-hydroxylation sites is 1. The summed E-state index contributed by atoms with van der Waals surface area (Å²) in [6, 6.07) is 15.9. The molecule has 1 N–H and O–H groups in total. The van der Waals surface area contributed by atoms with Crippen LogP contribution in [0.3, 0.4) is 0 Å². The molecule has 0 saturated heterocycles. The molecule has 1 fully saturated rings. The van der Waals surface area contributed by atoms with Gasteiger partial charge in [0, 0.05) is 11.6 Å². The van der Waals surface area contributed by atoms with Gasteiger partial charge in [-0.25, -0.2) is 4.98 Å². The van der Waals surface area contributed by atoms with Crippen molar-refractivity contribution in [2.45, 2.75) is 24.4 Å². The average Bonchev–Trinajstić information content (AvgIpc) is 3.22. The van der Waals surface area contributed by atoms with Crippen molar-refractivity contribution in [1.82, 2.24) is 14.9 Å². The number of ether oxygens (including phenoxy) is 1. The van der Waals surface area contributed by atoms with Gasteiger partial charge in [0.15, 0.2) is 0 Å². The summed E-state index contributed by atoms with van der Waals surface area (Å²) in [7, 11) is 1.58. The van der Waals surface area contributed by atoms with Gasteiger partial charge in [-0.05, 0) is 30.5 Å². The van der Waals surface area contributed by atoms with Crippen LogP contribution in [0.4, 0.5) is 0 Å². The van der Waals surface area contributed by atoms with E-state index in [1.54, 1.807) is 13.2 Å². The van der Waals surface area contributed by atoms with Gasteiger partial charge in [-0.15, -0.1) is 0 Å². The van der Waals surface area contributed by atoms with Gasteiger partial charge in [-0.1, -0.05) is 36.4 Å². The molecule has 1 aliphatic heterocycles. The first-order chi connectivity index (χ1) is 12.7. The van der Waals surface area contributed by atoms with E-state index in [1.807, 2.05) is 30.7 Å². The summed E-state index contributed by atoms with van der Waals surface area (Å²) >= 11 is 0. The van der Waals surface area contributed by atoms with Crippen LogP contribution in [0.5, 0.6) is 5.75 Å². The monoisotopic (exact) mass is 345 g/mol. The van der Waals surface area contributed by atoms with Crippen LogP contribution in [-0.2, 0) is 5.54 Å². The number of amides is 1. The number of carbonyl (C=O) groups excluding carboxylic acids is 1. The smallest absolute Gasteiger partial charge is 0.255 e. The van der Waals surface area contributed by atoms with Gasteiger partial charge in [0.25, 0.3) is 5.91 Å². The van der Waals surface area contributed by atoms with Crippen LogP contribution in [0, 0.1) is 0 Å². The van der Waals surface area contributed by atoms with E-state index < -0.39 is 0 Å². The van der Waals surface area contributed by atoms with Crippen LogP contribution in [0.2, 0.25) is 0 Å². The van der Waals surface area contributed by atoms with E-state index in [0.717, 1.165) is 18.5 Å². The zero-order valence-corrected chi connectivity index (χ0v) is 14.5. The summed E-state index contributed by atoms with van der Waals surface area (Å²) in [5.74, 6) is 0.515. The Hall–Kier alpha value is -3.08. The number of nitrogens with zero attached hydrogens (tertiary/aromatic N) is 2. The van der Waals surface area contributed by atoms with Crippen LogP contribution in [-0.4, -0.2) is 28.6 Å². The van der Waals surface area contributed by atoms with E-state index in [-0.39, 0.29) is 17.5 Å². The Labute approximate surface area is 151 Å². The van der Waals surface area contributed by atoms with Gasteiger partial charge < -0.3 is 14.6 Å². The SMILES string of the molecule is COc1ccccc1C(=O)NC1CC2(C1)c1ccccc1-c1cncn12. The van der Waals surface area contributed by atoms with E-state index in [9.17, 15) is 4.79 Å². The molecule has 5 heteroatoms. The summed E-state index contributed by atoms with van der Waals surface area (Å²) in [5.41, 5.74) is 4.24. The topological polar surface area (TPSA) is 56.1 Å². The first kappa shape index (κ1) is 15.2. The maximum Gasteiger partial charge on any atom is 0.255 e. The van der Waals surface area contributed by atoms with Crippen LogP contribution in [0.1, 0.15) is 28.8 Å². The minimum Gasteiger partial charge on any atom is -0.496 e. The van der Waals surface area contributed by atoms with E-state index in [4.69, 9.17) is 4.74 Å². The van der Waals surface area contributed by atoms with Gasteiger partial charge in [0.05, 0.1) is 36.4 Å². The maximum atomic E-state index is 12.7. The standard InChI is InChI=1S/C21H19N3O2/c1-26-19-9-5-3-7-16(19)20(25)23-14-10-21(11-14)17-8-4-2-6-15(17)18-12-22-13-24(18)21/h2-9,12-14H,10-11H2,1H3,(H,23,25). The van der Waals surface area contributed by atoms with Gasteiger partial charge in [0.1, 0.15) is 5.75 Å². The molecule has 26 heavy (non-hydrogen) atoms. The average molecular weight is 345 g/mol. The number of fused-ring (bicyclic) bond motifs is 5. The Kier molecular flexibility index (Phi) is 3.19. The van der Waals surface area contributed by atoms with Crippen molar-refractivity contribution in [1.29, 1.82) is 0 Å². The van der Waals surface area contributed by atoms with E-state index in [0.29, 0.717) is 11.3 Å². The van der Waals surface area contributed by atoms with Crippen molar-refractivity contribution in [3.63, 3.8) is 0 Å². The molecule has 3 aromatic rings. The van der Waals surface area contributed by atoms with Crippen molar-refractivity contribution in [3.8, 4) is 17.0 Å². The summed E-state index contributed by atoms with van der Waals surface area (Å²) in [6.45, 7) is 0. The molecule has 5 nitrogen and oxygen atoms in total. The van der Waals surface area contributed by atoms with E-state index in [2.05, 4.69) is 39.1 Å². The Balaban J connectivity index is 1.39. The minimum atomic E-state index is -0.0839. The third-order valence-electron chi connectivity index (χ3n) is 5.66. The molecule has 0 unspecified atom stereocenters. The normalized spacial score (nSPS) is 22.4. The molecule has 1 aliphatic carbocycles. The summed E-state index contributed by atoms with van der Waals surface area (Å²) in [5, 5.41) is 3.16. The fourth-order valence-corrected chi connectivity index (χ4v) is 4.45.